The normalized spacial score (nSPS) is 12.1. The fourth-order valence-corrected chi connectivity index (χ4v) is 2.87. The maximum absolute atomic E-state index is 12.1. The number of hydrogen-bond donors (Lipinski definition) is 1. The Bertz CT molecular complexity index is 858. The van der Waals surface area contributed by atoms with Crippen LogP contribution in [0.25, 0.3) is 11.7 Å². The number of aryl methyl sites for hydroxylation is 2. The average Bonchev–Trinajstić information content (AvgIpc) is 3.26. The van der Waals surface area contributed by atoms with Gasteiger partial charge in [-0.2, -0.15) is 0 Å². The summed E-state index contributed by atoms with van der Waals surface area (Å²) in [7, 11) is 0. The highest BCUT2D eigenvalue weighted by Crippen LogP contribution is 2.23. The van der Waals surface area contributed by atoms with Gasteiger partial charge in [-0.25, -0.2) is 0 Å². The molecule has 2 heterocycles. The van der Waals surface area contributed by atoms with E-state index in [1.165, 1.54) is 29.2 Å². The van der Waals surface area contributed by atoms with E-state index >= 15 is 0 Å². The molecule has 1 aromatic carbocycles. The first-order valence-corrected chi connectivity index (χ1v) is 8.88. The van der Waals surface area contributed by atoms with Gasteiger partial charge in [-0.1, -0.05) is 30.0 Å². The van der Waals surface area contributed by atoms with E-state index in [0.29, 0.717) is 16.9 Å². The van der Waals surface area contributed by atoms with E-state index in [4.69, 9.17) is 8.83 Å². The molecule has 0 aliphatic rings. The van der Waals surface area contributed by atoms with E-state index in [-0.39, 0.29) is 17.7 Å². The van der Waals surface area contributed by atoms with Crippen molar-refractivity contribution in [2.45, 2.75) is 32.0 Å². The predicted molar refractivity (Wildman–Crippen MR) is 95.2 cm³/mol. The fraction of sp³-hybridized carbons (Fsp3) is 0.278. The Labute approximate surface area is 150 Å². The van der Waals surface area contributed by atoms with Crippen LogP contribution in [0.4, 0.5) is 0 Å². The van der Waals surface area contributed by atoms with Crippen molar-refractivity contribution < 1.29 is 13.6 Å². The maximum atomic E-state index is 12.1. The summed E-state index contributed by atoms with van der Waals surface area (Å²) in [6.45, 7) is 6.10. The molecule has 7 heteroatoms. The van der Waals surface area contributed by atoms with Gasteiger partial charge in [0.15, 0.2) is 5.76 Å². The second-order valence-electron chi connectivity index (χ2n) is 5.77. The number of carbonyl (C=O) groups excluding carboxylic acids is 1. The molecule has 0 fully saturated rings. The van der Waals surface area contributed by atoms with Crippen LogP contribution < -0.4 is 5.32 Å². The molecule has 0 aliphatic carbocycles. The summed E-state index contributed by atoms with van der Waals surface area (Å²) in [6.07, 6.45) is 1.54. The summed E-state index contributed by atoms with van der Waals surface area (Å²) in [4.78, 5) is 12.1. The second kappa shape index (κ2) is 7.57. The summed E-state index contributed by atoms with van der Waals surface area (Å²) in [5.41, 5.74) is 3.53. The first kappa shape index (κ1) is 17.3. The number of thioether (sulfide) groups is 1. The molecule has 6 nitrogen and oxygen atoms in total. The van der Waals surface area contributed by atoms with Crippen LogP contribution in [0, 0.1) is 13.8 Å². The van der Waals surface area contributed by atoms with Crippen molar-refractivity contribution in [1.29, 1.82) is 0 Å². The Morgan fingerprint density at radius 1 is 1.24 bits per heavy atom. The van der Waals surface area contributed by atoms with E-state index in [9.17, 15) is 4.79 Å². The van der Waals surface area contributed by atoms with Crippen molar-refractivity contribution in [2.75, 3.05) is 5.75 Å². The van der Waals surface area contributed by atoms with Crippen molar-refractivity contribution in [3.05, 3.63) is 53.3 Å². The number of rotatable bonds is 6. The minimum Gasteiger partial charge on any atom is -0.459 e. The van der Waals surface area contributed by atoms with Gasteiger partial charge in [-0.15, -0.1) is 10.2 Å². The van der Waals surface area contributed by atoms with E-state index in [0.717, 1.165) is 5.56 Å². The lowest BCUT2D eigenvalue weighted by Gasteiger charge is -2.15. The highest BCUT2D eigenvalue weighted by Gasteiger charge is 2.14. The highest BCUT2D eigenvalue weighted by atomic mass is 32.2. The van der Waals surface area contributed by atoms with Crippen LogP contribution in [-0.2, 0) is 4.79 Å². The predicted octanol–water partition coefficient (Wildman–Crippen LogP) is 3.92. The summed E-state index contributed by atoms with van der Waals surface area (Å²) in [6, 6.07) is 9.62. The van der Waals surface area contributed by atoms with Gasteiger partial charge < -0.3 is 14.2 Å². The maximum Gasteiger partial charge on any atom is 0.284 e. The van der Waals surface area contributed by atoms with Gasteiger partial charge in [0.1, 0.15) is 0 Å². The Kier molecular flexibility index (Phi) is 5.23. The molecule has 0 bridgehead atoms. The Morgan fingerprint density at radius 2 is 2.08 bits per heavy atom. The number of furan rings is 1. The lowest BCUT2D eigenvalue weighted by molar-refractivity contribution is -0.119. The van der Waals surface area contributed by atoms with Gasteiger partial charge in [0.25, 0.3) is 11.1 Å². The van der Waals surface area contributed by atoms with Crippen LogP contribution in [-0.4, -0.2) is 21.9 Å². The molecule has 25 heavy (non-hydrogen) atoms. The van der Waals surface area contributed by atoms with E-state index in [1.807, 2.05) is 13.0 Å². The molecule has 130 valence electrons. The zero-order valence-electron chi connectivity index (χ0n) is 14.3. The van der Waals surface area contributed by atoms with Crippen molar-refractivity contribution in [3.63, 3.8) is 0 Å². The summed E-state index contributed by atoms with van der Waals surface area (Å²) in [5, 5.41) is 11.1. The molecule has 1 amide bonds. The quantitative estimate of drug-likeness (QED) is 0.674. The molecular weight excluding hydrogens is 338 g/mol. The topological polar surface area (TPSA) is 81.2 Å². The highest BCUT2D eigenvalue weighted by molar-refractivity contribution is 7.99. The van der Waals surface area contributed by atoms with Crippen LogP contribution in [0.3, 0.4) is 0 Å². The zero-order valence-corrected chi connectivity index (χ0v) is 15.1. The number of nitrogens with one attached hydrogen (secondary N) is 1. The number of hydrogen-bond acceptors (Lipinski definition) is 6. The van der Waals surface area contributed by atoms with Crippen LogP contribution in [0.5, 0.6) is 0 Å². The molecule has 2 aromatic heterocycles. The molecule has 0 spiro atoms. The standard InChI is InChI=1S/C18H19N3O3S/c1-11-6-7-14(9-12(11)2)13(3)19-16(22)10-25-18-21-20-17(24-18)15-5-4-8-23-15/h4-9,13H,10H2,1-3H3,(H,19,22)/t13-/m1/s1. The number of amides is 1. The van der Waals surface area contributed by atoms with Crippen molar-refractivity contribution in [2.24, 2.45) is 0 Å². The molecule has 0 aliphatic heterocycles. The molecule has 3 rings (SSSR count). The van der Waals surface area contributed by atoms with Gasteiger partial charge in [0.05, 0.1) is 18.1 Å². The molecule has 1 atom stereocenters. The number of aromatic nitrogens is 2. The van der Waals surface area contributed by atoms with Gasteiger partial charge in [-0.3, -0.25) is 4.79 Å². The van der Waals surface area contributed by atoms with Gasteiger partial charge in [-0.05, 0) is 49.6 Å². The third-order valence-corrected chi connectivity index (χ3v) is 4.69. The van der Waals surface area contributed by atoms with Gasteiger partial charge >= 0.3 is 0 Å². The first-order chi connectivity index (χ1) is 12.0. The van der Waals surface area contributed by atoms with Crippen LogP contribution in [0.1, 0.15) is 29.7 Å². The summed E-state index contributed by atoms with van der Waals surface area (Å²) in [5.74, 6) is 0.923. The van der Waals surface area contributed by atoms with Crippen molar-refractivity contribution in [3.8, 4) is 11.7 Å². The molecular formula is C18H19N3O3S. The Balaban J connectivity index is 1.53. The molecule has 3 aromatic rings. The largest absolute Gasteiger partial charge is 0.459 e. The van der Waals surface area contributed by atoms with Gasteiger partial charge in [0.2, 0.25) is 5.91 Å². The molecule has 1 N–H and O–H groups in total. The average molecular weight is 357 g/mol. The third-order valence-electron chi connectivity index (χ3n) is 3.87. The lowest BCUT2D eigenvalue weighted by atomic mass is 10.0. The molecule has 0 radical (unpaired) electrons. The van der Waals surface area contributed by atoms with Crippen LogP contribution >= 0.6 is 11.8 Å². The van der Waals surface area contributed by atoms with Crippen LogP contribution in [0.15, 0.2) is 50.7 Å². The van der Waals surface area contributed by atoms with E-state index < -0.39 is 0 Å². The minimum atomic E-state index is -0.0894. The van der Waals surface area contributed by atoms with E-state index in [2.05, 4.69) is 41.5 Å². The lowest BCUT2D eigenvalue weighted by Crippen LogP contribution is -2.28. The smallest absolute Gasteiger partial charge is 0.284 e. The first-order valence-electron chi connectivity index (χ1n) is 7.89. The zero-order chi connectivity index (χ0) is 17.8. The number of nitrogens with zero attached hydrogens (tertiary/aromatic N) is 2. The summed E-state index contributed by atoms with van der Waals surface area (Å²) >= 11 is 1.20. The minimum absolute atomic E-state index is 0.0613. The Morgan fingerprint density at radius 3 is 2.80 bits per heavy atom. The molecule has 0 unspecified atom stereocenters. The molecule has 0 saturated heterocycles. The number of carbonyl (C=O) groups is 1. The summed E-state index contributed by atoms with van der Waals surface area (Å²) < 4.78 is 10.7. The second-order valence-corrected chi connectivity index (χ2v) is 6.70. The third kappa shape index (κ3) is 4.30. The van der Waals surface area contributed by atoms with E-state index in [1.54, 1.807) is 12.1 Å². The van der Waals surface area contributed by atoms with Crippen LogP contribution in [0.2, 0.25) is 0 Å². The monoisotopic (exact) mass is 357 g/mol. The Hall–Kier alpha value is -2.54. The van der Waals surface area contributed by atoms with Crippen molar-refractivity contribution >= 4 is 17.7 Å². The molecule has 0 saturated carbocycles. The SMILES string of the molecule is Cc1ccc([C@@H](C)NC(=O)CSc2nnc(-c3ccco3)o2)cc1C. The number of benzene rings is 1. The fourth-order valence-electron chi connectivity index (χ4n) is 2.30. The van der Waals surface area contributed by atoms with Crippen molar-refractivity contribution in [1.82, 2.24) is 15.5 Å². The van der Waals surface area contributed by atoms with Gasteiger partial charge in [0, 0.05) is 0 Å².